The Labute approximate surface area is 164 Å². The highest BCUT2D eigenvalue weighted by Gasteiger charge is 2.37. The third-order valence-corrected chi connectivity index (χ3v) is 5.04. The molecule has 4 rings (SSSR count). The molecule has 2 N–H and O–H groups in total. The summed E-state index contributed by atoms with van der Waals surface area (Å²) in [6, 6.07) is 6.13. The molecule has 0 radical (unpaired) electrons. The highest BCUT2D eigenvalue weighted by atomic mass is 16.5. The molecule has 1 aliphatic rings. The maximum atomic E-state index is 11.5. The Morgan fingerprint density at radius 2 is 1.97 bits per heavy atom. The van der Waals surface area contributed by atoms with Gasteiger partial charge in [0.1, 0.15) is 35.7 Å². The van der Waals surface area contributed by atoms with E-state index in [0.717, 1.165) is 0 Å². The van der Waals surface area contributed by atoms with Gasteiger partial charge in [-0.05, 0) is 32.1 Å². The summed E-state index contributed by atoms with van der Waals surface area (Å²) in [6.07, 6.45) is 1.23. The standard InChI is InChI=1S/C21H20O8/c1-11-7-12(28-20(11)24)9-21(2,25)17(22)10-27-19-13-3-4-18(23)29-16(13)8-15-14(19)5-6-26-15/h3-8,12,17,22,25H,9-10H2,1-2H3/t12-,17+,21+/m0/s1. The summed E-state index contributed by atoms with van der Waals surface area (Å²) in [6.45, 7) is 2.84. The van der Waals surface area contributed by atoms with Gasteiger partial charge in [0.2, 0.25) is 0 Å². The lowest BCUT2D eigenvalue weighted by Gasteiger charge is -2.30. The Balaban J connectivity index is 1.56. The number of carbonyl (C=O) groups is 1. The molecular formula is C21H20O8. The molecule has 0 unspecified atom stereocenters. The van der Waals surface area contributed by atoms with Crippen LogP contribution in [-0.4, -0.2) is 40.6 Å². The van der Waals surface area contributed by atoms with Crippen LogP contribution in [0.4, 0.5) is 0 Å². The molecule has 0 bridgehead atoms. The summed E-state index contributed by atoms with van der Waals surface area (Å²) in [7, 11) is 0. The van der Waals surface area contributed by atoms with Crippen molar-refractivity contribution in [3.63, 3.8) is 0 Å². The maximum absolute atomic E-state index is 11.5. The van der Waals surface area contributed by atoms with E-state index in [-0.39, 0.29) is 18.6 Å². The monoisotopic (exact) mass is 400 g/mol. The fourth-order valence-corrected chi connectivity index (χ4v) is 3.36. The Kier molecular flexibility index (Phi) is 4.68. The van der Waals surface area contributed by atoms with Crippen LogP contribution in [0.3, 0.4) is 0 Å². The van der Waals surface area contributed by atoms with Crippen LogP contribution in [0.2, 0.25) is 0 Å². The lowest BCUT2D eigenvalue weighted by Crippen LogP contribution is -2.45. The van der Waals surface area contributed by atoms with Gasteiger partial charge < -0.3 is 28.5 Å². The molecule has 3 aromatic rings. The van der Waals surface area contributed by atoms with E-state index in [0.29, 0.717) is 27.7 Å². The predicted octanol–water partition coefficient (Wildman–Crippen LogP) is 2.29. The molecule has 0 spiro atoms. The SMILES string of the molecule is CC1=C[C@@H](C[C@@](C)(O)[C@H](O)COc2c3ccoc3cc3oc(=O)ccc23)OC1=O. The van der Waals surface area contributed by atoms with Crippen LogP contribution in [0.25, 0.3) is 21.9 Å². The number of aliphatic hydroxyl groups excluding tert-OH is 1. The molecule has 8 nitrogen and oxygen atoms in total. The van der Waals surface area contributed by atoms with Gasteiger partial charge in [0, 0.05) is 24.1 Å². The zero-order valence-electron chi connectivity index (χ0n) is 15.9. The fraction of sp³-hybridized carbons (Fsp3) is 0.333. The van der Waals surface area contributed by atoms with Crippen LogP contribution >= 0.6 is 0 Å². The van der Waals surface area contributed by atoms with Gasteiger partial charge in [-0.15, -0.1) is 0 Å². The molecule has 0 saturated carbocycles. The summed E-state index contributed by atoms with van der Waals surface area (Å²) < 4.78 is 21.6. The Morgan fingerprint density at radius 1 is 1.21 bits per heavy atom. The van der Waals surface area contributed by atoms with Crippen molar-refractivity contribution >= 4 is 27.9 Å². The van der Waals surface area contributed by atoms with Gasteiger partial charge in [-0.2, -0.15) is 0 Å². The van der Waals surface area contributed by atoms with Gasteiger partial charge in [0.15, 0.2) is 0 Å². The van der Waals surface area contributed by atoms with Crippen molar-refractivity contribution in [3.05, 3.63) is 52.6 Å². The van der Waals surface area contributed by atoms with E-state index in [2.05, 4.69) is 0 Å². The number of ether oxygens (including phenoxy) is 2. The first kappa shape index (κ1) is 19.2. The van der Waals surface area contributed by atoms with Crippen LogP contribution in [-0.2, 0) is 9.53 Å². The highest BCUT2D eigenvalue weighted by molar-refractivity contribution is 6.01. The maximum Gasteiger partial charge on any atom is 0.336 e. The van der Waals surface area contributed by atoms with Gasteiger partial charge in [0.05, 0.1) is 22.6 Å². The van der Waals surface area contributed by atoms with E-state index in [9.17, 15) is 19.8 Å². The summed E-state index contributed by atoms with van der Waals surface area (Å²) >= 11 is 0. The van der Waals surface area contributed by atoms with Gasteiger partial charge >= 0.3 is 11.6 Å². The average Bonchev–Trinajstić information content (AvgIpc) is 3.23. The molecule has 0 saturated heterocycles. The van der Waals surface area contributed by atoms with Crippen LogP contribution in [0.5, 0.6) is 5.75 Å². The normalized spacial score (nSPS) is 19.8. The minimum Gasteiger partial charge on any atom is -0.489 e. The molecule has 29 heavy (non-hydrogen) atoms. The van der Waals surface area contributed by atoms with Crippen LogP contribution < -0.4 is 10.4 Å². The van der Waals surface area contributed by atoms with Crippen LogP contribution in [0, 0.1) is 0 Å². The number of carbonyl (C=O) groups excluding carboxylic acids is 1. The summed E-state index contributed by atoms with van der Waals surface area (Å²) in [5.74, 6) is -0.0657. The second-order valence-corrected chi connectivity index (χ2v) is 7.39. The number of aliphatic hydroxyl groups is 2. The third kappa shape index (κ3) is 3.64. The van der Waals surface area contributed by atoms with Crippen molar-refractivity contribution < 1.29 is 33.3 Å². The molecule has 1 aliphatic heterocycles. The largest absolute Gasteiger partial charge is 0.489 e. The minimum atomic E-state index is -1.57. The first-order valence-corrected chi connectivity index (χ1v) is 9.11. The number of benzene rings is 1. The first-order valence-electron chi connectivity index (χ1n) is 9.11. The quantitative estimate of drug-likeness (QED) is 0.478. The number of cyclic esters (lactones) is 1. The molecule has 3 heterocycles. The lowest BCUT2D eigenvalue weighted by molar-refractivity contribution is -0.144. The van der Waals surface area contributed by atoms with E-state index in [4.69, 9.17) is 18.3 Å². The molecule has 0 fully saturated rings. The zero-order chi connectivity index (χ0) is 20.8. The molecule has 8 heteroatoms. The molecule has 2 aromatic heterocycles. The highest BCUT2D eigenvalue weighted by Crippen LogP contribution is 2.35. The van der Waals surface area contributed by atoms with Crippen molar-refractivity contribution in [1.29, 1.82) is 0 Å². The lowest BCUT2D eigenvalue weighted by atomic mass is 9.92. The van der Waals surface area contributed by atoms with Crippen LogP contribution in [0.1, 0.15) is 20.3 Å². The molecule has 0 amide bonds. The number of hydrogen-bond donors (Lipinski definition) is 2. The number of rotatable bonds is 6. The summed E-state index contributed by atoms with van der Waals surface area (Å²) in [5, 5.41) is 22.4. The van der Waals surface area contributed by atoms with E-state index in [1.54, 1.807) is 31.2 Å². The second kappa shape index (κ2) is 7.06. The number of esters is 1. The van der Waals surface area contributed by atoms with Gasteiger partial charge in [-0.1, -0.05) is 0 Å². The zero-order valence-corrected chi connectivity index (χ0v) is 15.9. The van der Waals surface area contributed by atoms with Gasteiger partial charge in [-0.3, -0.25) is 0 Å². The fourth-order valence-electron chi connectivity index (χ4n) is 3.36. The molecule has 3 atom stereocenters. The predicted molar refractivity (Wildman–Crippen MR) is 103 cm³/mol. The van der Waals surface area contributed by atoms with Gasteiger partial charge in [0.25, 0.3) is 0 Å². The van der Waals surface area contributed by atoms with Crippen LogP contribution in [0.15, 0.2) is 55.8 Å². The topological polar surface area (TPSA) is 119 Å². The third-order valence-electron chi connectivity index (χ3n) is 5.04. The number of hydrogen-bond acceptors (Lipinski definition) is 8. The smallest absolute Gasteiger partial charge is 0.336 e. The Morgan fingerprint density at radius 3 is 2.69 bits per heavy atom. The van der Waals surface area contributed by atoms with E-state index >= 15 is 0 Å². The molecule has 0 aliphatic carbocycles. The second-order valence-electron chi connectivity index (χ2n) is 7.39. The Bertz CT molecular complexity index is 1170. The van der Waals surface area contributed by atoms with Crippen molar-refractivity contribution in [3.8, 4) is 5.75 Å². The minimum absolute atomic E-state index is 0.0200. The van der Waals surface area contributed by atoms with E-state index < -0.39 is 29.4 Å². The van der Waals surface area contributed by atoms with E-state index in [1.165, 1.54) is 19.3 Å². The van der Waals surface area contributed by atoms with Gasteiger partial charge in [-0.25, -0.2) is 9.59 Å². The first-order chi connectivity index (χ1) is 13.7. The van der Waals surface area contributed by atoms with Crippen molar-refractivity contribution in [2.24, 2.45) is 0 Å². The summed E-state index contributed by atoms with van der Waals surface area (Å²) in [4.78, 5) is 23.0. The number of fused-ring (bicyclic) bond motifs is 2. The summed E-state index contributed by atoms with van der Waals surface area (Å²) in [5.41, 5.74) is -0.863. The molecule has 1 aromatic carbocycles. The Hall–Kier alpha value is -3.10. The van der Waals surface area contributed by atoms with Crippen molar-refractivity contribution in [2.75, 3.05) is 6.61 Å². The van der Waals surface area contributed by atoms with Crippen molar-refractivity contribution in [1.82, 2.24) is 0 Å². The number of furan rings is 1. The molecular weight excluding hydrogens is 380 g/mol. The van der Waals surface area contributed by atoms with Crippen molar-refractivity contribution in [2.45, 2.75) is 38.1 Å². The van der Waals surface area contributed by atoms with E-state index in [1.807, 2.05) is 0 Å². The molecule has 152 valence electrons. The average molecular weight is 400 g/mol.